The molecule has 6 nitrogen and oxygen atoms in total. The molecular weight excluding hydrogens is 278 g/mol. The van der Waals surface area contributed by atoms with Crippen LogP contribution in [0.4, 0.5) is 0 Å². The molecule has 2 atom stereocenters. The third-order valence-corrected chi connectivity index (χ3v) is 4.86. The van der Waals surface area contributed by atoms with Crippen molar-refractivity contribution in [2.24, 2.45) is 17.7 Å². The van der Waals surface area contributed by atoms with Gasteiger partial charge in [-0.05, 0) is 18.6 Å². The second-order valence-corrected chi connectivity index (χ2v) is 6.26. The number of imide groups is 1. The number of thiophene rings is 1. The van der Waals surface area contributed by atoms with Crippen LogP contribution in [0.15, 0.2) is 6.07 Å². The van der Waals surface area contributed by atoms with Gasteiger partial charge in [0.2, 0.25) is 11.8 Å². The number of nitrogens with two attached hydrogens (primary N) is 1. The molecule has 0 bridgehead atoms. The number of hydrogen-bond donors (Lipinski definition) is 2. The predicted octanol–water partition coefficient (Wildman–Crippen LogP) is 0.801. The van der Waals surface area contributed by atoms with Gasteiger partial charge in [-0.3, -0.25) is 24.7 Å². The van der Waals surface area contributed by atoms with Crippen LogP contribution >= 0.6 is 11.3 Å². The Morgan fingerprint density at radius 1 is 1.35 bits per heavy atom. The van der Waals surface area contributed by atoms with Crippen LogP contribution in [0.3, 0.4) is 0 Å². The number of amides is 3. The first-order valence-corrected chi connectivity index (χ1v) is 7.14. The quantitative estimate of drug-likeness (QED) is 0.373. The minimum absolute atomic E-state index is 0.155. The van der Waals surface area contributed by atoms with E-state index in [9.17, 15) is 14.4 Å². The lowest BCUT2D eigenvalue weighted by Gasteiger charge is -2.14. The molecule has 2 heterocycles. The number of hydrazine groups is 1. The first-order valence-electron chi connectivity index (χ1n) is 6.32. The molecule has 0 saturated carbocycles. The van der Waals surface area contributed by atoms with E-state index in [1.807, 2.05) is 6.92 Å². The van der Waals surface area contributed by atoms with Crippen LogP contribution in [0.25, 0.3) is 0 Å². The van der Waals surface area contributed by atoms with Crippen molar-refractivity contribution >= 4 is 29.1 Å². The molecule has 0 aliphatic carbocycles. The standard InChI is InChI=1S/C13H17N3O3S/c1-6-7(2)13(19)16(12(6)18)5-9-4-10(11(17)15-14)20-8(9)3/h4,6-7H,5,14H2,1-3H3,(H,15,17). The molecule has 108 valence electrons. The number of rotatable bonds is 3. The molecule has 20 heavy (non-hydrogen) atoms. The molecule has 1 aliphatic rings. The van der Waals surface area contributed by atoms with Crippen molar-refractivity contribution in [3.8, 4) is 0 Å². The molecular formula is C13H17N3O3S. The van der Waals surface area contributed by atoms with Crippen molar-refractivity contribution < 1.29 is 14.4 Å². The zero-order valence-electron chi connectivity index (χ0n) is 11.6. The summed E-state index contributed by atoms with van der Waals surface area (Å²) in [6.07, 6.45) is 0. The summed E-state index contributed by atoms with van der Waals surface area (Å²) in [4.78, 5) is 38.2. The highest BCUT2D eigenvalue weighted by molar-refractivity contribution is 7.14. The van der Waals surface area contributed by atoms with Crippen molar-refractivity contribution in [1.29, 1.82) is 0 Å². The summed E-state index contributed by atoms with van der Waals surface area (Å²) >= 11 is 1.29. The van der Waals surface area contributed by atoms with Gasteiger partial charge in [0.15, 0.2) is 0 Å². The molecule has 7 heteroatoms. The van der Waals surface area contributed by atoms with Crippen LogP contribution in [0.5, 0.6) is 0 Å². The zero-order valence-corrected chi connectivity index (χ0v) is 12.4. The van der Waals surface area contributed by atoms with Crippen molar-refractivity contribution in [1.82, 2.24) is 10.3 Å². The van der Waals surface area contributed by atoms with Gasteiger partial charge >= 0.3 is 0 Å². The summed E-state index contributed by atoms with van der Waals surface area (Å²) < 4.78 is 0. The van der Waals surface area contributed by atoms with Gasteiger partial charge in [-0.15, -0.1) is 11.3 Å². The summed E-state index contributed by atoms with van der Waals surface area (Å²) in [5.41, 5.74) is 2.87. The topological polar surface area (TPSA) is 92.5 Å². The second kappa shape index (κ2) is 5.34. The van der Waals surface area contributed by atoms with Gasteiger partial charge in [-0.25, -0.2) is 5.84 Å². The third-order valence-electron chi connectivity index (χ3n) is 3.77. The third kappa shape index (κ3) is 2.34. The fourth-order valence-electron chi connectivity index (χ4n) is 2.21. The highest BCUT2D eigenvalue weighted by Crippen LogP contribution is 2.29. The van der Waals surface area contributed by atoms with Crippen molar-refractivity contribution in [3.63, 3.8) is 0 Å². The molecule has 1 saturated heterocycles. The van der Waals surface area contributed by atoms with Gasteiger partial charge in [-0.1, -0.05) is 13.8 Å². The summed E-state index contributed by atoms with van der Waals surface area (Å²) in [6, 6.07) is 1.68. The van der Waals surface area contributed by atoms with Gasteiger partial charge in [0.25, 0.3) is 5.91 Å². The van der Waals surface area contributed by atoms with Gasteiger partial charge in [0, 0.05) is 16.7 Å². The summed E-state index contributed by atoms with van der Waals surface area (Å²) in [7, 11) is 0. The molecule has 0 spiro atoms. The van der Waals surface area contributed by atoms with E-state index in [2.05, 4.69) is 5.43 Å². The monoisotopic (exact) mass is 295 g/mol. The highest BCUT2D eigenvalue weighted by Gasteiger charge is 2.42. The predicted molar refractivity (Wildman–Crippen MR) is 74.6 cm³/mol. The lowest BCUT2D eigenvalue weighted by molar-refractivity contribution is -0.140. The lowest BCUT2D eigenvalue weighted by atomic mass is 10.00. The largest absolute Gasteiger partial charge is 0.289 e. The maximum absolute atomic E-state index is 12.0. The molecule has 1 aliphatic heterocycles. The maximum Gasteiger partial charge on any atom is 0.275 e. The first kappa shape index (κ1) is 14.7. The molecule has 3 amide bonds. The maximum atomic E-state index is 12.0. The van der Waals surface area contributed by atoms with E-state index in [-0.39, 0.29) is 36.1 Å². The zero-order chi connectivity index (χ0) is 15.0. The molecule has 0 radical (unpaired) electrons. The Hall–Kier alpha value is -1.73. The van der Waals surface area contributed by atoms with E-state index >= 15 is 0 Å². The van der Waals surface area contributed by atoms with E-state index in [0.29, 0.717) is 4.88 Å². The van der Waals surface area contributed by atoms with Gasteiger partial charge in [-0.2, -0.15) is 0 Å². The number of hydrogen-bond acceptors (Lipinski definition) is 5. The summed E-state index contributed by atoms with van der Waals surface area (Å²) in [6.45, 7) is 5.59. The van der Waals surface area contributed by atoms with Crippen molar-refractivity contribution in [2.75, 3.05) is 0 Å². The SMILES string of the molecule is Cc1sc(C(=O)NN)cc1CN1C(=O)C(C)C(C)C1=O. The van der Waals surface area contributed by atoms with Gasteiger partial charge in [0.05, 0.1) is 11.4 Å². The van der Waals surface area contributed by atoms with E-state index in [1.54, 1.807) is 19.9 Å². The Morgan fingerprint density at radius 2 is 1.90 bits per heavy atom. The van der Waals surface area contributed by atoms with Crippen LogP contribution in [0.2, 0.25) is 0 Å². The van der Waals surface area contributed by atoms with E-state index in [1.165, 1.54) is 16.2 Å². The number of nitrogens with one attached hydrogen (secondary N) is 1. The molecule has 1 fully saturated rings. The average molecular weight is 295 g/mol. The van der Waals surface area contributed by atoms with E-state index in [4.69, 9.17) is 5.84 Å². The fourth-order valence-corrected chi connectivity index (χ4v) is 3.15. The Kier molecular flexibility index (Phi) is 3.92. The Labute approximate surface area is 120 Å². The molecule has 2 rings (SSSR count). The van der Waals surface area contributed by atoms with Crippen LogP contribution in [-0.4, -0.2) is 22.6 Å². The molecule has 2 unspecified atom stereocenters. The second-order valence-electron chi connectivity index (χ2n) is 5.01. The fraction of sp³-hybridized carbons (Fsp3) is 0.462. The average Bonchev–Trinajstić information content (AvgIpc) is 2.88. The van der Waals surface area contributed by atoms with Crippen molar-refractivity contribution in [2.45, 2.75) is 27.3 Å². The molecule has 1 aromatic rings. The first-order chi connectivity index (χ1) is 9.36. The van der Waals surface area contributed by atoms with Crippen LogP contribution < -0.4 is 11.3 Å². The number of aryl methyl sites for hydroxylation is 1. The minimum Gasteiger partial charge on any atom is -0.289 e. The number of carbonyl (C=O) groups is 3. The number of nitrogen functional groups attached to an aromatic ring is 1. The number of carbonyl (C=O) groups excluding carboxylic acids is 3. The smallest absolute Gasteiger partial charge is 0.275 e. The van der Waals surface area contributed by atoms with Crippen LogP contribution in [0.1, 0.15) is 34.0 Å². The Morgan fingerprint density at radius 3 is 2.40 bits per heavy atom. The Bertz CT molecular complexity index is 561. The molecule has 0 aromatic carbocycles. The lowest BCUT2D eigenvalue weighted by Crippen LogP contribution is -2.30. The highest BCUT2D eigenvalue weighted by atomic mass is 32.1. The number of nitrogens with zero attached hydrogens (tertiary/aromatic N) is 1. The van der Waals surface area contributed by atoms with Gasteiger partial charge < -0.3 is 0 Å². The Balaban J connectivity index is 2.23. The van der Waals surface area contributed by atoms with Crippen LogP contribution in [0, 0.1) is 18.8 Å². The number of likely N-dealkylation sites (tertiary alicyclic amines) is 1. The van der Waals surface area contributed by atoms with Crippen molar-refractivity contribution in [3.05, 3.63) is 21.4 Å². The summed E-state index contributed by atoms with van der Waals surface area (Å²) in [5.74, 6) is 3.85. The molecule has 3 N–H and O–H groups in total. The minimum atomic E-state index is -0.370. The van der Waals surface area contributed by atoms with E-state index in [0.717, 1.165) is 10.4 Å². The summed E-state index contributed by atoms with van der Waals surface area (Å²) in [5, 5.41) is 0. The van der Waals surface area contributed by atoms with Crippen LogP contribution in [-0.2, 0) is 16.1 Å². The molecule has 1 aromatic heterocycles. The van der Waals surface area contributed by atoms with Gasteiger partial charge in [0.1, 0.15) is 0 Å². The normalized spacial score (nSPS) is 22.5. The van der Waals surface area contributed by atoms with E-state index < -0.39 is 0 Å².